The predicted octanol–water partition coefficient (Wildman–Crippen LogP) is 3.79. The molecule has 108 valence electrons. The fourth-order valence-corrected chi connectivity index (χ4v) is 2.28. The molecule has 0 saturated heterocycles. The molecule has 0 aromatic heterocycles. The predicted molar refractivity (Wildman–Crippen MR) is 80.0 cm³/mol. The van der Waals surface area contributed by atoms with E-state index in [1.54, 1.807) is 14.2 Å². The minimum absolute atomic E-state index is 0.148. The third-order valence-electron chi connectivity index (χ3n) is 3.85. The second-order valence-electron chi connectivity index (χ2n) is 5.44. The number of hydrogen-bond donors (Lipinski definition) is 1. The topological polar surface area (TPSA) is 30.5 Å². The van der Waals surface area contributed by atoms with E-state index in [-0.39, 0.29) is 11.5 Å². The molecule has 0 amide bonds. The molecule has 0 heterocycles. The van der Waals surface area contributed by atoms with E-state index in [0.29, 0.717) is 0 Å². The first-order valence-electron chi connectivity index (χ1n) is 6.95. The van der Waals surface area contributed by atoms with Crippen molar-refractivity contribution >= 4 is 0 Å². The van der Waals surface area contributed by atoms with Gasteiger partial charge in [-0.1, -0.05) is 27.7 Å². The summed E-state index contributed by atoms with van der Waals surface area (Å²) in [5.41, 5.74) is 1.31. The van der Waals surface area contributed by atoms with Crippen molar-refractivity contribution in [3.63, 3.8) is 0 Å². The highest BCUT2D eigenvalue weighted by Crippen LogP contribution is 2.41. The third-order valence-corrected chi connectivity index (χ3v) is 3.85. The second-order valence-corrected chi connectivity index (χ2v) is 5.44. The lowest BCUT2D eigenvalue weighted by atomic mass is 9.78. The molecule has 1 aromatic rings. The van der Waals surface area contributed by atoms with Gasteiger partial charge in [-0.05, 0) is 36.6 Å². The van der Waals surface area contributed by atoms with Crippen LogP contribution < -0.4 is 14.8 Å². The van der Waals surface area contributed by atoms with Crippen LogP contribution in [0.4, 0.5) is 0 Å². The molecule has 0 saturated carbocycles. The van der Waals surface area contributed by atoms with Crippen molar-refractivity contribution < 1.29 is 9.47 Å². The van der Waals surface area contributed by atoms with Crippen LogP contribution in [0, 0.1) is 5.41 Å². The summed E-state index contributed by atoms with van der Waals surface area (Å²) in [6, 6.07) is 6.23. The van der Waals surface area contributed by atoms with E-state index in [1.165, 1.54) is 0 Å². The molecule has 0 aliphatic rings. The Labute approximate surface area is 117 Å². The Morgan fingerprint density at radius 2 is 1.84 bits per heavy atom. The number of rotatable bonds is 7. The largest absolute Gasteiger partial charge is 0.497 e. The fraction of sp³-hybridized carbons (Fsp3) is 0.625. The van der Waals surface area contributed by atoms with Gasteiger partial charge in [-0.2, -0.15) is 0 Å². The molecule has 1 rings (SSSR count). The van der Waals surface area contributed by atoms with Crippen molar-refractivity contribution in [2.24, 2.45) is 5.41 Å². The molecule has 1 N–H and O–H groups in total. The first-order chi connectivity index (χ1) is 9.00. The van der Waals surface area contributed by atoms with Gasteiger partial charge in [0.05, 0.1) is 14.2 Å². The lowest BCUT2D eigenvalue weighted by Crippen LogP contribution is -2.34. The van der Waals surface area contributed by atoms with E-state index in [2.05, 4.69) is 39.1 Å². The van der Waals surface area contributed by atoms with Crippen molar-refractivity contribution in [2.45, 2.75) is 40.2 Å². The zero-order valence-corrected chi connectivity index (χ0v) is 13.0. The Bertz CT molecular complexity index is 402. The minimum atomic E-state index is 0.148. The molecule has 1 unspecified atom stereocenters. The summed E-state index contributed by atoms with van der Waals surface area (Å²) < 4.78 is 10.9. The Balaban J connectivity index is 3.27. The van der Waals surface area contributed by atoms with E-state index in [1.807, 2.05) is 12.1 Å². The van der Waals surface area contributed by atoms with Gasteiger partial charge >= 0.3 is 0 Å². The number of hydrogen-bond acceptors (Lipinski definition) is 3. The van der Waals surface area contributed by atoms with Crippen LogP contribution >= 0.6 is 0 Å². The highest BCUT2D eigenvalue weighted by atomic mass is 16.5. The van der Waals surface area contributed by atoms with E-state index >= 15 is 0 Å². The maximum Gasteiger partial charge on any atom is 0.123 e. The summed E-state index contributed by atoms with van der Waals surface area (Å²) in [7, 11) is 3.41. The van der Waals surface area contributed by atoms with Gasteiger partial charge in [0.2, 0.25) is 0 Å². The molecule has 3 nitrogen and oxygen atoms in total. The van der Waals surface area contributed by atoms with Gasteiger partial charge in [-0.15, -0.1) is 0 Å². The Kier molecular flexibility index (Phi) is 5.67. The highest BCUT2D eigenvalue weighted by Gasteiger charge is 2.30. The van der Waals surface area contributed by atoms with Crippen molar-refractivity contribution in [3.8, 4) is 11.5 Å². The highest BCUT2D eigenvalue weighted by molar-refractivity contribution is 5.43. The first-order valence-corrected chi connectivity index (χ1v) is 6.95. The molecule has 3 heteroatoms. The average Bonchev–Trinajstić information content (AvgIpc) is 2.43. The molecule has 0 spiro atoms. The van der Waals surface area contributed by atoms with Crippen LogP contribution in [0.5, 0.6) is 11.5 Å². The van der Waals surface area contributed by atoms with E-state index < -0.39 is 0 Å². The molecule has 0 bridgehead atoms. The van der Waals surface area contributed by atoms with Crippen LogP contribution in [0.2, 0.25) is 0 Å². The normalized spacial score (nSPS) is 13.2. The Morgan fingerprint density at radius 3 is 2.32 bits per heavy atom. The summed E-state index contributed by atoms with van der Waals surface area (Å²) >= 11 is 0. The average molecular weight is 265 g/mol. The van der Waals surface area contributed by atoms with Gasteiger partial charge in [-0.3, -0.25) is 0 Å². The molecule has 1 aromatic carbocycles. The van der Waals surface area contributed by atoms with Crippen LogP contribution in [0.15, 0.2) is 18.2 Å². The SMILES string of the molecule is CCNC(c1cc(OC)ccc1OC)C(C)(C)CC. The van der Waals surface area contributed by atoms with Gasteiger partial charge < -0.3 is 14.8 Å². The minimum Gasteiger partial charge on any atom is -0.497 e. The maximum atomic E-state index is 5.52. The van der Waals surface area contributed by atoms with Crippen LogP contribution in [0.1, 0.15) is 45.7 Å². The lowest BCUT2D eigenvalue weighted by Gasteiger charge is -2.35. The van der Waals surface area contributed by atoms with E-state index in [9.17, 15) is 0 Å². The molecular weight excluding hydrogens is 238 g/mol. The lowest BCUT2D eigenvalue weighted by molar-refractivity contribution is 0.231. The number of methoxy groups -OCH3 is 2. The molecule has 19 heavy (non-hydrogen) atoms. The summed E-state index contributed by atoms with van der Waals surface area (Å²) in [4.78, 5) is 0. The fourth-order valence-electron chi connectivity index (χ4n) is 2.28. The van der Waals surface area contributed by atoms with Gasteiger partial charge in [0.1, 0.15) is 11.5 Å². The van der Waals surface area contributed by atoms with Crippen molar-refractivity contribution in [1.82, 2.24) is 5.32 Å². The van der Waals surface area contributed by atoms with Crippen LogP contribution in [-0.4, -0.2) is 20.8 Å². The molecule has 0 fully saturated rings. The molecular formula is C16H27NO2. The first kappa shape index (κ1) is 15.8. The van der Waals surface area contributed by atoms with Gasteiger partial charge in [0.15, 0.2) is 0 Å². The summed E-state index contributed by atoms with van der Waals surface area (Å²) in [6.07, 6.45) is 1.09. The second kappa shape index (κ2) is 6.80. The molecule has 0 aliphatic heterocycles. The Morgan fingerprint density at radius 1 is 1.16 bits per heavy atom. The molecule has 0 aliphatic carbocycles. The third kappa shape index (κ3) is 3.63. The van der Waals surface area contributed by atoms with Crippen molar-refractivity contribution in [1.29, 1.82) is 0 Å². The summed E-state index contributed by atoms with van der Waals surface area (Å²) in [5.74, 6) is 1.78. The maximum absolute atomic E-state index is 5.52. The van der Waals surface area contributed by atoms with Crippen molar-refractivity contribution in [2.75, 3.05) is 20.8 Å². The number of nitrogens with one attached hydrogen (secondary N) is 1. The number of ether oxygens (including phenoxy) is 2. The standard InChI is InChI=1S/C16H27NO2/c1-7-16(3,4)15(17-8-2)13-11-12(18-5)9-10-14(13)19-6/h9-11,15,17H,7-8H2,1-6H3. The Hall–Kier alpha value is -1.22. The zero-order valence-electron chi connectivity index (χ0n) is 13.0. The van der Waals surface area contributed by atoms with Crippen LogP contribution in [-0.2, 0) is 0 Å². The van der Waals surface area contributed by atoms with Gasteiger partial charge in [-0.25, -0.2) is 0 Å². The van der Waals surface area contributed by atoms with Gasteiger partial charge in [0, 0.05) is 11.6 Å². The van der Waals surface area contributed by atoms with E-state index in [0.717, 1.165) is 30.0 Å². The number of benzene rings is 1. The molecule has 1 atom stereocenters. The molecule has 0 radical (unpaired) electrons. The zero-order chi connectivity index (χ0) is 14.5. The summed E-state index contributed by atoms with van der Waals surface area (Å²) in [6.45, 7) is 9.83. The summed E-state index contributed by atoms with van der Waals surface area (Å²) in [5, 5.41) is 3.58. The van der Waals surface area contributed by atoms with Crippen molar-refractivity contribution in [3.05, 3.63) is 23.8 Å². The van der Waals surface area contributed by atoms with Gasteiger partial charge in [0.25, 0.3) is 0 Å². The van der Waals surface area contributed by atoms with Crippen LogP contribution in [0.3, 0.4) is 0 Å². The van der Waals surface area contributed by atoms with E-state index in [4.69, 9.17) is 9.47 Å². The monoisotopic (exact) mass is 265 g/mol. The smallest absolute Gasteiger partial charge is 0.123 e. The van der Waals surface area contributed by atoms with Crippen LogP contribution in [0.25, 0.3) is 0 Å². The quantitative estimate of drug-likeness (QED) is 0.813.